The smallest absolute Gasteiger partial charge is 0.0463 e. The third-order valence-electron chi connectivity index (χ3n) is 2.34. The van der Waals surface area contributed by atoms with Crippen LogP contribution in [0.15, 0.2) is 54.2 Å². The molecule has 0 aliphatic rings. The third kappa shape index (κ3) is 1.16. The zero-order chi connectivity index (χ0) is 9.38. The number of hydrogen-bond donors (Lipinski definition) is 0. The van der Waals surface area contributed by atoms with Crippen LogP contribution >= 0.6 is 11.3 Å². The maximum absolute atomic E-state index is 2.22. The number of benzene rings is 1. The first kappa shape index (κ1) is 7.83. The van der Waals surface area contributed by atoms with Gasteiger partial charge in [0.1, 0.15) is 0 Å². The van der Waals surface area contributed by atoms with E-state index in [0.29, 0.717) is 0 Å². The van der Waals surface area contributed by atoms with E-state index < -0.39 is 0 Å². The van der Waals surface area contributed by atoms with E-state index in [9.17, 15) is 0 Å². The summed E-state index contributed by atoms with van der Waals surface area (Å²) in [7, 11) is 0. The van der Waals surface area contributed by atoms with Gasteiger partial charge in [-0.3, -0.25) is 0 Å². The lowest BCUT2D eigenvalue weighted by Crippen LogP contribution is -1.87. The number of fused-ring (bicyclic) bond motifs is 1. The van der Waals surface area contributed by atoms with Crippen molar-refractivity contribution in [1.29, 1.82) is 0 Å². The zero-order valence-electron chi connectivity index (χ0n) is 7.55. The summed E-state index contributed by atoms with van der Waals surface area (Å²) in [4.78, 5) is 0. The molecule has 0 fully saturated rings. The lowest BCUT2D eigenvalue weighted by Gasteiger charge is -2.01. The molecule has 2 aromatic heterocycles. The van der Waals surface area contributed by atoms with Crippen LogP contribution in [0.2, 0.25) is 0 Å². The lowest BCUT2D eigenvalue weighted by molar-refractivity contribution is 1.08. The summed E-state index contributed by atoms with van der Waals surface area (Å²) in [5, 5.41) is 3.45. The molecule has 0 spiro atoms. The van der Waals surface area contributed by atoms with Crippen molar-refractivity contribution in [3.05, 3.63) is 54.2 Å². The van der Waals surface area contributed by atoms with Gasteiger partial charge in [-0.05, 0) is 41.1 Å². The summed E-state index contributed by atoms with van der Waals surface area (Å²) in [5.41, 5.74) is 1.23. The van der Waals surface area contributed by atoms with Gasteiger partial charge in [-0.1, -0.05) is 6.07 Å². The predicted octanol–water partition coefficient (Wildman–Crippen LogP) is 3.69. The van der Waals surface area contributed by atoms with Crippen molar-refractivity contribution in [1.82, 2.24) is 4.57 Å². The van der Waals surface area contributed by atoms with Crippen LogP contribution in [0.1, 0.15) is 0 Å². The molecule has 0 saturated carbocycles. The van der Waals surface area contributed by atoms with Crippen molar-refractivity contribution in [3.63, 3.8) is 0 Å². The Morgan fingerprint density at radius 3 is 2.71 bits per heavy atom. The second kappa shape index (κ2) is 3.00. The quantitative estimate of drug-likeness (QED) is 0.563. The van der Waals surface area contributed by atoms with E-state index >= 15 is 0 Å². The fraction of sp³-hybridized carbons (Fsp3) is 0. The third-order valence-corrected chi connectivity index (χ3v) is 3.22. The van der Waals surface area contributed by atoms with Crippen LogP contribution in [-0.2, 0) is 0 Å². The normalized spacial score (nSPS) is 10.9. The Morgan fingerprint density at radius 1 is 1.00 bits per heavy atom. The number of aromatic nitrogens is 1. The SMILES string of the molecule is c1ccn(-c2ccc3ccsc3c2)c1. The molecule has 68 valence electrons. The molecule has 0 radical (unpaired) electrons. The molecule has 0 atom stereocenters. The van der Waals surface area contributed by atoms with Crippen LogP contribution in [0.3, 0.4) is 0 Å². The Balaban J connectivity index is 2.23. The fourth-order valence-corrected chi connectivity index (χ4v) is 2.43. The van der Waals surface area contributed by atoms with Crippen LogP contribution in [0.25, 0.3) is 15.8 Å². The predicted molar refractivity (Wildman–Crippen MR) is 61.2 cm³/mol. The molecular weight excluding hydrogens is 190 g/mol. The minimum absolute atomic E-state index is 1.23. The standard InChI is InChI=1S/C12H9NS/c1-2-7-13(6-1)11-4-3-10-5-8-14-12(10)9-11/h1-9H. The second-order valence-electron chi connectivity index (χ2n) is 3.23. The molecule has 2 heterocycles. The highest BCUT2D eigenvalue weighted by atomic mass is 32.1. The lowest BCUT2D eigenvalue weighted by atomic mass is 10.2. The topological polar surface area (TPSA) is 4.93 Å². The first-order valence-corrected chi connectivity index (χ1v) is 5.42. The van der Waals surface area contributed by atoms with E-state index in [1.54, 1.807) is 11.3 Å². The van der Waals surface area contributed by atoms with E-state index in [-0.39, 0.29) is 0 Å². The van der Waals surface area contributed by atoms with Crippen molar-refractivity contribution >= 4 is 21.4 Å². The molecule has 0 unspecified atom stereocenters. The maximum atomic E-state index is 2.22. The summed E-state index contributed by atoms with van der Waals surface area (Å²) in [6.45, 7) is 0. The van der Waals surface area contributed by atoms with E-state index in [1.165, 1.54) is 15.8 Å². The molecule has 2 heteroatoms. The first-order valence-electron chi connectivity index (χ1n) is 4.54. The number of hydrogen-bond acceptors (Lipinski definition) is 1. The van der Waals surface area contributed by atoms with Gasteiger partial charge >= 0.3 is 0 Å². The van der Waals surface area contributed by atoms with Crippen molar-refractivity contribution < 1.29 is 0 Å². The summed E-state index contributed by atoms with van der Waals surface area (Å²) in [6, 6.07) is 12.8. The summed E-state index contributed by atoms with van der Waals surface area (Å²) in [6.07, 6.45) is 4.13. The van der Waals surface area contributed by atoms with Gasteiger partial charge < -0.3 is 4.57 Å². The zero-order valence-corrected chi connectivity index (χ0v) is 8.37. The Labute approximate surface area is 86.2 Å². The average Bonchev–Trinajstić information content (AvgIpc) is 2.88. The second-order valence-corrected chi connectivity index (χ2v) is 4.18. The molecule has 1 aromatic carbocycles. The van der Waals surface area contributed by atoms with Gasteiger partial charge in [0.25, 0.3) is 0 Å². The molecule has 3 rings (SSSR count). The molecular formula is C12H9NS. The van der Waals surface area contributed by atoms with Gasteiger partial charge in [0, 0.05) is 22.8 Å². The number of thiophene rings is 1. The summed E-state index contributed by atoms with van der Waals surface area (Å²) in [5.74, 6) is 0. The molecule has 0 N–H and O–H groups in total. The Bertz CT molecular complexity index is 548. The molecule has 1 nitrogen and oxygen atoms in total. The van der Waals surface area contributed by atoms with Crippen molar-refractivity contribution in [2.45, 2.75) is 0 Å². The maximum Gasteiger partial charge on any atom is 0.0463 e. The van der Waals surface area contributed by atoms with Crippen LogP contribution in [0, 0.1) is 0 Å². The van der Waals surface area contributed by atoms with Crippen molar-refractivity contribution in [2.75, 3.05) is 0 Å². The van der Waals surface area contributed by atoms with Gasteiger partial charge in [0.15, 0.2) is 0 Å². The van der Waals surface area contributed by atoms with Gasteiger partial charge in [-0.2, -0.15) is 0 Å². The molecule has 14 heavy (non-hydrogen) atoms. The summed E-state index contributed by atoms with van der Waals surface area (Å²) >= 11 is 1.79. The Hall–Kier alpha value is -1.54. The Morgan fingerprint density at radius 2 is 1.86 bits per heavy atom. The number of rotatable bonds is 1. The molecule has 0 bridgehead atoms. The van der Waals surface area contributed by atoms with Crippen LogP contribution in [-0.4, -0.2) is 4.57 Å². The van der Waals surface area contributed by atoms with Crippen LogP contribution in [0.5, 0.6) is 0 Å². The highest BCUT2D eigenvalue weighted by molar-refractivity contribution is 7.17. The van der Waals surface area contributed by atoms with E-state index in [1.807, 2.05) is 12.1 Å². The van der Waals surface area contributed by atoms with E-state index in [4.69, 9.17) is 0 Å². The van der Waals surface area contributed by atoms with Crippen molar-refractivity contribution in [2.24, 2.45) is 0 Å². The average molecular weight is 199 g/mol. The monoisotopic (exact) mass is 199 g/mol. The van der Waals surface area contributed by atoms with Crippen molar-refractivity contribution in [3.8, 4) is 5.69 Å². The van der Waals surface area contributed by atoms with Gasteiger partial charge in [-0.25, -0.2) is 0 Å². The molecule has 0 amide bonds. The molecule has 0 aliphatic heterocycles. The largest absolute Gasteiger partial charge is 0.324 e. The highest BCUT2D eigenvalue weighted by Crippen LogP contribution is 2.23. The minimum Gasteiger partial charge on any atom is -0.324 e. The van der Waals surface area contributed by atoms with Gasteiger partial charge in [0.2, 0.25) is 0 Å². The Kier molecular flexibility index (Phi) is 1.67. The van der Waals surface area contributed by atoms with Gasteiger partial charge in [0.05, 0.1) is 0 Å². The minimum atomic E-state index is 1.23. The molecule has 3 aromatic rings. The first-order chi connectivity index (χ1) is 6.93. The fourth-order valence-electron chi connectivity index (χ4n) is 1.61. The molecule has 0 aliphatic carbocycles. The van der Waals surface area contributed by atoms with Crippen LogP contribution < -0.4 is 0 Å². The number of nitrogens with zero attached hydrogens (tertiary/aromatic N) is 1. The van der Waals surface area contributed by atoms with E-state index in [0.717, 1.165) is 0 Å². The molecule has 0 saturated heterocycles. The van der Waals surface area contributed by atoms with Crippen LogP contribution in [0.4, 0.5) is 0 Å². The van der Waals surface area contributed by atoms with E-state index in [2.05, 4.69) is 46.6 Å². The highest BCUT2D eigenvalue weighted by Gasteiger charge is 1.97. The van der Waals surface area contributed by atoms with Gasteiger partial charge in [-0.15, -0.1) is 11.3 Å². The summed E-state index contributed by atoms with van der Waals surface area (Å²) < 4.78 is 3.47.